The van der Waals surface area contributed by atoms with Gasteiger partial charge in [-0.3, -0.25) is 9.48 Å². The van der Waals surface area contributed by atoms with Crippen LogP contribution in [0.1, 0.15) is 35.5 Å². The Labute approximate surface area is 101 Å². The van der Waals surface area contributed by atoms with Crippen LogP contribution in [0.2, 0.25) is 0 Å². The summed E-state index contributed by atoms with van der Waals surface area (Å²) in [5.74, 6) is 0.0343. The van der Waals surface area contributed by atoms with E-state index in [4.69, 9.17) is 0 Å². The highest BCUT2D eigenvalue weighted by molar-refractivity contribution is 6.07. The first kappa shape index (κ1) is 11.6. The summed E-state index contributed by atoms with van der Waals surface area (Å²) < 4.78 is 1.72. The zero-order valence-corrected chi connectivity index (χ0v) is 10.2. The topological polar surface area (TPSA) is 34.9 Å². The predicted molar refractivity (Wildman–Crippen MR) is 67.2 cm³/mol. The van der Waals surface area contributed by atoms with Gasteiger partial charge >= 0.3 is 0 Å². The highest BCUT2D eigenvalue weighted by atomic mass is 16.1. The van der Waals surface area contributed by atoms with E-state index in [-0.39, 0.29) is 5.78 Å². The Morgan fingerprint density at radius 1 is 1.18 bits per heavy atom. The Morgan fingerprint density at radius 2 is 1.88 bits per heavy atom. The Morgan fingerprint density at radius 3 is 2.47 bits per heavy atom. The molecule has 1 aromatic carbocycles. The monoisotopic (exact) mass is 228 g/mol. The standard InChI is InChI=1S/C14H16N2O/c1-3-11-5-7-12(8-6-11)14(17)13-9-10-15-16(13)4-2/h5-10H,3-4H2,1-2H3. The summed E-state index contributed by atoms with van der Waals surface area (Å²) in [4.78, 5) is 12.2. The first-order chi connectivity index (χ1) is 8.26. The second kappa shape index (κ2) is 4.95. The Bertz CT molecular complexity index is 511. The summed E-state index contributed by atoms with van der Waals surface area (Å²) in [6.45, 7) is 4.79. The van der Waals surface area contributed by atoms with E-state index in [1.165, 1.54) is 5.56 Å². The van der Waals surface area contributed by atoms with Crippen molar-refractivity contribution in [2.24, 2.45) is 0 Å². The van der Waals surface area contributed by atoms with Crippen molar-refractivity contribution in [3.8, 4) is 0 Å². The maximum absolute atomic E-state index is 12.2. The van der Waals surface area contributed by atoms with Crippen LogP contribution in [0.5, 0.6) is 0 Å². The summed E-state index contributed by atoms with van der Waals surface area (Å²) in [7, 11) is 0. The number of nitrogens with zero attached hydrogens (tertiary/aromatic N) is 2. The molecule has 1 aromatic heterocycles. The van der Waals surface area contributed by atoms with Crippen molar-refractivity contribution in [2.75, 3.05) is 0 Å². The highest BCUT2D eigenvalue weighted by Gasteiger charge is 2.13. The Kier molecular flexibility index (Phi) is 3.38. The molecule has 0 bridgehead atoms. The molecule has 2 rings (SSSR count). The molecule has 0 N–H and O–H groups in total. The molecule has 0 aliphatic rings. The van der Waals surface area contributed by atoms with Crippen molar-refractivity contribution in [1.29, 1.82) is 0 Å². The summed E-state index contributed by atoms with van der Waals surface area (Å²) in [6.07, 6.45) is 2.65. The van der Waals surface area contributed by atoms with Gasteiger partial charge in [0.05, 0.1) is 0 Å². The maximum Gasteiger partial charge on any atom is 0.211 e. The van der Waals surface area contributed by atoms with E-state index in [2.05, 4.69) is 12.0 Å². The zero-order valence-electron chi connectivity index (χ0n) is 10.2. The van der Waals surface area contributed by atoms with E-state index in [1.54, 1.807) is 16.9 Å². The van der Waals surface area contributed by atoms with Crippen LogP contribution in [0.15, 0.2) is 36.5 Å². The number of carbonyl (C=O) groups excluding carboxylic acids is 1. The van der Waals surface area contributed by atoms with Gasteiger partial charge in [0.2, 0.25) is 5.78 Å². The van der Waals surface area contributed by atoms with Gasteiger partial charge in [-0.05, 0) is 25.0 Å². The van der Waals surface area contributed by atoms with E-state index in [9.17, 15) is 4.79 Å². The minimum atomic E-state index is 0.0343. The third-order valence-electron chi connectivity index (χ3n) is 2.87. The molecule has 0 atom stereocenters. The summed E-state index contributed by atoms with van der Waals surface area (Å²) in [6, 6.07) is 9.53. The molecule has 3 nitrogen and oxygen atoms in total. The lowest BCUT2D eigenvalue weighted by molar-refractivity contribution is 0.102. The lowest BCUT2D eigenvalue weighted by atomic mass is 10.1. The molecule has 0 spiro atoms. The van der Waals surface area contributed by atoms with E-state index in [0.717, 1.165) is 12.0 Å². The number of aromatic nitrogens is 2. The number of ketones is 1. The number of hydrogen-bond donors (Lipinski definition) is 0. The lowest BCUT2D eigenvalue weighted by Crippen LogP contribution is -2.10. The lowest BCUT2D eigenvalue weighted by Gasteiger charge is -2.04. The van der Waals surface area contributed by atoms with E-state index in [1.807, 2.05) is 31.2 Å². The van der Waals surface area contributed by atoms with Crippen LogP contribution in [0.3, 0.4) is 0 Å². The molecule has 0 amide bonds. The molecule has 1 heterocycles. The first-order valence-electron chi connectivity index (χ1n) is 5.91. The fraction of sp³-hybridized carbons (Fsp3) is 0.286. The largest absolute Gasteiger partial charge is 0.287 e. The minimum absolute atomic E-state index is 0.0343. The van der Waals surface area contributed by atoms with Gasteiger partial charge in [0.15, 0.2) is 0 Å². The van der Waals surface area contributed by atoms with Gasteiger partial charge in [-0.1, -0.05) is 31.2 Å². The van der Waals surface area contributed by atoms with E-state index >= 15 is 0 Å². The van der Waals surface area contributed by atoms with Gasteiger partial charge in [0, 0.05) is 18.3 Å². The molecule has 0 radical (unpaired) electrons. The van der Waals surface area contributed by atoms with Crippen LogP contribution in [0.25, 0.3) is 0 Å². The summed E-state index contributed by atoms with van der Waals surface area (Å²) >= 11 is 0. The highest BCUT2D eigenvalue weighted by Crippen LogP contribution is 2.11. The summed E-state index contributed by atoms with van der Waals surface area (Å²) in [5.41, 5.74) is 2.61. The third kappa shape index (κ3) is 2.28. The van der Waals surface area contributed by atoms with Crippen molar-refractivity contribution in [3.05, 3.63) is 53.3 Å². The fourth-order valence-electron chi connectivity index (χ4n) is 1.82. The molecule has 0 saturated heterocycles. The predicted octanol–water partition coefficient (Wildman–Crippen LogP) is 2.70. The van der Waals surface area contributed by atoms with Crippen molar-refractivity contribution >= 4 is 5.78 Å². The van der Waals surface area contributed by atoms with E-state index < -0.39 is 0 Å². The zero-order chi connectivity index (χ0) is 12.3. The van der Waals surface area contributed by atoms with Gasteiger partial charge in [-0.2, -0.15) is 5.10 Å². The molecule has 0 saturated carbocycles. The molecule has 17 heavy (non-hydrogen) atoms. The van der Waals surface area contributed by atoms with Gasteiger partial charge in [0.1, 0.15) is 5.69 Å². The molecule has 0 aliphatic heterocycles. The van der Waals surface area contributed by atoms with Gasteiger partial charge in [0.25, 0.3) is 0 Å². The number of aryl methyl sites for hydroxylation is 2. The number of hydrogen-bond acceptors (Lipinski definition) is 2. The average Bonchev–Trinajstić information content (AvgIpc) is 2.86. The second-order valence-corrected chi connectivity index (χ2v) is 3.91. The number of benzene rings is 1. The van der Waals surface area contributed by atoms with Crippen LogP contribution < -0.4 is 0 Å². The Balaban J connectivity index is 2.30. The molecule has 0 unspecified atom stereocenters. The fourth-order valence-corrected chi connectivity index (χ4v) is 1.82. The molecule has 3 heteroatoms. The van der Waals surface area contributed by atoms with Crippen molar-refractivity contribution in [1.82, 2.24) is 9.78 Å². The van der Waals surface area contributed by atoms with Gasteiger partial charge < -0.3 is 0 Å². The number of carbonyl (C=O) groups is 1. The molecule has 88 valence electrons. The van der Waals surface area contributed by atoms with Crippen LogP contribution in [0, 0.1) is 0 Å². The maximum atomic E-state index is 12.2. The quantitative estimate of drug-likeness (QED) is 0.754. The van der Waals surface area contributed by atoms with Crippen LogP contribution in [0.4, 0.5) is 0 Å². The van der Waals surface area contributed by atoms with Crippen molar-refractivity contribution in [3.63, 3.8) is 0 Å². The molecular formula is C14H16N2O. The van der Waals surface area contributed by atoms with Gasteiger partial charge in [-0.25, -0.2) is 0 Å². The second-order valence-electron chi connectivity index (χ2n) is 3.91. The van der Waals surface area contributed by atoms with Crippen molar-refractivity contribution in [2.45, 2.75) is 26.8 Å². The summed E-state index contributed by atoms with van der Waals surface area (Å²) in [5, 5.41) is 4.11. The van der Waals surface area contributed by atoms with Crippen LogP contribution in [-0.4, -0.2) is 15.6 Å². The first-order valence-corrected chi connectivity index (χ1v) is 5.91. The third-order valence-corrected chi connectivity index (χ3v) is 2.87. The minimum Gasteiger partial charge on any atom is -0.287 e. The normalized spacial score (nSPS) is 10.5. The SMILES string of the molecule is CCc1ccc(C(=O)c2ccnn2CC)cc1. The number of rotatable bonds is 4. The van der Waals surface area contributed by atoms with Crippen LogP contribution >= 0.6 is 0 Å². The van der Waals surface area contributed by atoms with Crippen molar-refractivity contribution < 1.29 is 4.79 Å². The molecule has 0 fully saturated rings. The smallest absolute Gasteiger partial charge is 0.211 e. The average molecular weight is 228 g/mol. The van der Waals surface area contributed by atoms with Gasteiger partial charge in [-0.15, -0.1) is 0 Å². The van der Waals surface area contributed by atoms with Crippen LogP contribution in [-0.2, 0) is 13.0 Å². The molecule has 0 aliphatic carbocycles. The molecule has 2 aromatic rings. The Hall–Kier alpha value is -1.90. The van der Waals surface area contributed by atoms with E-state index in [0.29, 0.717) is 12.2 Å². The molecular weight excluding hydrogens is 212 g/mol.